The van der Waals surface area contributed by atoms with Gasteiger partial charge in [0.15, 0.2) is 0 Å². The largest absolute Gasteiger partial charge is 0.478 e. The monoisotopic (exact) mass is 369 g/mol. The van der Waals surface area contributed by atoms with Crippen LogP contribution >= 0.6 is 0 Å². The topological polar surface area (TPSA) is 42.2 Å². The summed E-state index contributed by atoms with van der Waals surface area (Å²) in [7, 11) is 0. The average Bonchev–Trinajstić information content (AvgIpc) is 3.07. The Balaban J connectivity index is 2.05. The van der Waals surface area contributed by atoms with E-state index >= 15 is 0 Å². The quantitative estimate of drug-likeness (QED) is 0.461. The van der Waals surface area contributed by atoms with E-state index in [2.05, 4.69) is 61.7 Å². The summed E-state index contributed by atoms with van der Waals surface area (Å²) in [6, 6.07) is 26.0. The molecule has 0 fully saturated rings. The molecule has 0 saturated heterocycles. The Kier molecular flexibility index (Phi) is 4.31. The van der Waals surface area contributed by atoms with Crippen molar-refractivity contribution in [3.8, 4) is 16.9 Å². The van der Waals surface area contributed by atoms with Gasteiger partial charge in [0, 0.05) is 11.1 Å². The summed E-state index contributed by atoms with van der Waals surface area (Å²) in [5.74, 6) is -0.921. The van der Waals surface area contributed by atoms with Crippen molar-refractivity contribution < 1.29 is 9.90 Å². The highest BCUT2D eigenvalue weighted by molar-refractivity contribution is 5.92. The summed E-state index contributed by atoms with van der Waals surface area (Å²) in [5, 5.41) is 10.6. The van der Waals surface area contributed by atoms with Crippen molar-refractivity contribution in [2.45, 2.75) is 26.2 Å². The van der Waals surface area contributed by atoms with Crippen LogP contribution in [0.3, 0.4) is 0 Å². The third-order valence-corrected chi connectivity index (χ3v) is 5.09. The molecule has 1 aromatic heterocycles. The van der Waals surface area contributed by atoms with Gasteiger partial charge in [-0.25, -0.2) is 4.79 Å². The maximum absolute atomic E-state index is 11.5. The van der Waals surface area contributed by atoms with Gasteiger partial charge in [0.25, 0.3) is 0 Å². The van der Waals surface area contributed by atoms with Crippen molar-refractivity contribution in [3.63, 3.8) is 0 Å². The lowest BCUT2D eigenvalue weighted by Crippen LogP contribution is -2.11. The molecule has 1 N–H and O–H groups in total. The second-order valence-electron chi connectivity index (χ2n) is 8.11. The van der Waals surface area contributed by atoms with Crippen molar-refractivity contribution in [3.05, 3.63) is 90.0 Å². The summed E-state index contributed by atoms with van der Waals surface area (Å²) >= 11 is 0. The Labute approximate surface area is 164 Å². The van der Waals surface area contributed by atoms with Gasteiger partial charge >= 0.3 is 5.97 Å². The van der Waals surface area contributed by atoms with Crippen molar-refractivity contribution >= 4 is 16.9 Å². The van der Waals surface area contributed by atoms with E-state index in [4.69, 9.17) is 0 Å². The molecule has 0 aliphatic carbocycles. The average molecular weight is 369 g/mol. The van der Waals surface area contributed by atoms with Gasteiger partial charge in [0.05, 0.1) is 16.8 Å². The number of rotatable bonds is 3. The van der Waals surface area contributed by atoms with Crippen LogP contribution in [-0.2, 0) is 5.41 Å². The van der Waals surface area contributed by atoms with Crippen LogP contribution in [0.15, 0.2) is 78.9 Å². The van der Waals surface area contributed by atoms with E-state index < -0.39 is 5.97 Å². The molecule has 0 aliphatic rings. The number of benzene rings is 3. The maximum Gasteiger partial charge on any atom is 0.335 e. The first-order valence-corrected chi connectivity index (χ1v) is 9.40. The highest BCUT2D eigenvalue weighted by Crippen LogP contribution is 2.34. The van der Waals surface area contributed by atoms with Gasteiger partial charge in [0.2, 0.25) is 0 Å². The van der Waals surface area contributed by atoms with Gasteiger partial charge in [-0.1, -0.05) is 69.3 Å². The number of carboxylic acids is 1. The molecule has 0 saturated carbocycles. The minimum absolute atomic E-state index is 0.0269. The first kappa shape index (κ1) is 18.1. The van der Waals surface area contributed by atoms with Crippen LogP contribution in [0.2, 0.25) is 0 Å². The summed E-state index contributed by atoms with van der Waals surface area (Å²) in [6.45, 7) is 6.60. The first-order valence-electron chi connectivity index (χ1n) is 9.40. The third-order valence-electron chi connectivity index (χ3n) is 5.09. The maximum atomic E-state index is 11.5. The molecule has 0 bridgehead atoms. The Morgan fingerprint density at radius 1 is 0.857 bits per heavy atom. The number of carbonyl (C=O) groups is 1. The first-order chi connectivity index (χ1) is 13.3. The third kappa shape index (κ3) is 3.20. The Morgan fingerprint density at radius 3 is 2.29 bits per heavy atom. The van der Waals surface area contributed by atoms with Crippen LogP contribution in [0.1, 0.15) is 36.7 Å². The van der Waals surface area contributed by atoms with Crippen LogP contribution in [0.5, 0.6) is 0 Å². The lowest BCUT2D eigenvalue weighted by atomic mass is 9.87. The molecule has 0 aliphatic heterocycles. The van der Waals surface area contributed by atoms with E-state index in [1.165, 1.54) is 5.56 Å². The number of carboxylic acid groups (broad SMARTS) is 1. The van der Waals surface area contributed by atoms with Gasteiger partial charge in [-0.05, 0) is 46.9 Å². The zero-order valence-corrected chi connectivity index (χ0v) is 16.3. The van der Waals surface area contributed by atoms with Gasteiger partial charge in [-0.2, -0.15) is 0 Å². The Morgan fingerprint density at radius 2 is 1.61 bits per heavy atom. The van der Waals surface area contributed by atoms with Gasteiger partial charge in [0.1, 0.15) is 0 Å². The molecule has 140 valence electrons. The number of nitrogens with zero attached hydrogens (tertiary/aromatic N) is 1. The highest BCUT2D eigenvalue weighted by atomic mass is 16.4. The van der Waals surface area contributed by atoms with Crippen LogP contribution in [-0.4, -0.2) is 15.6 Å². The molecular weight excluding hydrogens is 346 g/mol. The molecule has 0 radical (unpaired) electrons. The number of aromatic nitrogens is 1. The molecule has 0 atom stereocenters. The number of hydrogen-bond donors (Lipinski definition) is 1. The van der Waals surface area contributed by atoms with Gasteiger partial charge in [-0.15, -0.1) is 0 Å². The SMILES string of the molecule is CC(C)(C)c1ccc2cc(-c3ccccc3)n(-c3cccc(C(=O)O)c3)c2c1. The second kappa shape index (κ2) is 6.68. The number of fused-ring (bicyclic) bond motifs is 1. The van der Waals surface area contributed by atoms with E-state index in [0.29, 0.717) is 0 Å². The van der Waals surface area contributed by atoms with E-state index in [1.54, 1.807) is 18.2 Å². The van der Waals surface area contributed by atoms with Gasteiger partial charge in [-0.3, -0.25) is 0 Å². The minimum atomic E-state index is -0.921. The van der Waals surface area contributed by atoms with Crippen LogP contribution < -0.4 is 0 Å². The molecule has 4 aromatic rings. The summed E-state index contributed by atoms with van der Waals surface area (Å²) in [4.78, 5) is 11.5. The molecule has 3 aromatic carbocycles. The van der Waals surface area contributed by atoms with E-state index in [9.17, 15) is 9.90 Å². The van der Waals surface area contributed by atoms with E-state index in [1.807, 2.05) is 24.3 Å². The predicted octanol–water partition coefficient (Wildman–Crippen LogP) is 6.29. The molecule has 0 spiro atoms. The van der Waals surface area contributed by atoms with Crippen LogP contribution in [0, 0.1) is 0 Å². The molecule has 0 unspecified atom stereocenters. The van der Waals surface area contributed by atoms with Crippen molar-refractivity contribution in [2.24, 2.45) is 0 Å². The fraction of sp³-hybridized carbons (Fsp3) is 0.160. The van der Waals surface area contributed by atoms with Crippen molar-refractivity contribution in [2.75, 3.05) is 0 Å². The van der Waals surface area contributed by atoms with Crippen LogP contribution in [0.4, 0.5) is 0 Å². The molecule has 3 heteroatoms. The zero-order valence-electron chi connectivity index (χ0n) is 16.3. The van der Waals surface area contributed by atoms with Crippen molar-refractivity contribution in [1.82, 2.24) is 4.57 Å². The Hall–Kier alpha value is -3.33. The standard InChI is InChI=1S/C25H23NO2/c1-25(2,3)20-13-12-18-15-22(17-8-5-4-6-9-17)26(23(18)16-20)21-11-7-10-19(14-21)24(27)28/h4-16H,1-3H3,(H,27,28). The molecule has 0 amide bonds. The molecule has 4 rings (SSSR count). The summed E-state index contributed by atoms with van der Waals surface area (Å²) in [6.07, 6.45) is 0. The van der Waals surface area contributed by atoms with E-state index in [0.717, 1.165) is 27.8 Å². The predicted molar refractivity (Wildman–Crippen MR) is 114 cm³/mol. The fourth-order valence-electron chi connectivity index (χ4n) is 3.55. The molecule has 28 heavy (non-hydrogen) atoms. The smallest absolute Gasteiger partial charge is 0.335 e. The van der Waals surface area contributed by atoms with Crippen LogP contribution in [0.25, 0.3) is 27.8 Å². The summed E-state index contributed by atoms with van der Waals surface area (Å²) in [5.41, 5.74) is 5.62. The minimum Gasteiger partial charge on any atom is -0.478 e. The second-order valence-corrected chi connectivity index (χ2v) is 8.11. The van der Waals surface area contributed by atoms with Gasteiger partial charge < -0.3 is 9.67 Å². The Bertz CT molecular complexity index is 1160. The van der Waals surface area contributed by atoms with E-state index in [-0.39, 0.29) is 11.0 Å². The highest BCUT2D eigenvalue weighted by Gasteiger charge is 2.18. The lowest BCUT2D eigenvalue weighted by Gasteiger charge is -2.20. The molecule has 3 nitrogen and oxygen atoms in total. The number of hydrogen-bond acceptors (Lipinski definition) is 1. The zero-order chi connectivity index (χ0) is 19.9. The fourth-order valence-corrected chi connectivity index (χ4v) is 3.55. The number of aromatic carboxylic acids is 1. The van der Waals surface area contributed by atoms with Crippen molar-refractivity contribution in [1.29, 1.82) is 0 Å². The molecular formula is C25H23NO2. The lowest BCUT2D eigenvalue weighted by molar-refractivity contribution is 0.0697. The molecule has 1 heterocycles. The summed E-state index contributed by atoms with van der Waals surface area (Å²) < 4.78 is 2.16. The normalized spacial score (nSPS) is 11.7.